The molecule has 2 bridgehead atoms. The van der Waals surface area contributed by atoms with Crippen molar-refractivity contribution in [3.05, 3.63) is 35.4 Å². The largest absolute Gasteiger partial charge is 0.352 e. The van der Waals surface area contributed by atoms with Gasteiger partial charge in [-0.15, -0.1) is 23.5 Å². The van der Waals surface area contributed by atoms with E-state index >= 15 is 0 Å². The van der Waals surface area contributed by atoms with Crippen LogP contribution in [0.5, 0.6) is 0 Å². The molecule has 160 valence electrons. The number of rotatable bonds is 7. The van der Waals surface area contributed by atoms with Crippen LogP contribution in [0.4, 0.5) is 0 Å². The van der Waals surface area contributed by atoms with Gasteiger partial charge in [-0.25, -0.2) is 0 Å². The molecule has 29 heavy (non-hydrogen) atoms. The van der Waals surface area contributed by atoms with Gasteiger partial charge in [0.25, 0.3) is 0 Å². The fourth-order valence-electron chi connectivity index (χ4n) is 5.72. The van der Waals surface area contributed by atoms with Crippen LogP contribution in [-0.4, -0.2) is 39.5 Å². The lowest BCUT2D eigenvalue weighted by atomic mass is 9.67. The second-order valence-electron chi connectivity index (χ2n) is 8.86. The first-order chi connectivity index (χ1) is 14.2. The number of hydrogen-bond donors (Lipinski definition) is 1. The Morgan fingerprint density at radius 2 is 1.69 bits per heavy atom. The Morgan fingerprint density at radius 3 is 2.31 bits per heavy atom. The molecule has 1 heterocycles. The van der Waals surface area contributed by atoms with Crippen molar-refractivity contribution in [1.82, 2.24) is 10.2 Å². The molecule has 4 rings (SSSR count). The maximum Gasteiger partial charge on any atom is 0.223 e. The fraction of sp³-hybridized carbons (Fsp3) is 0.708. The molecule has 1 spiro atoms. The molecule has 2 atom stereocenters. The van der Waals surface area contributed by atoms with Crippen LogP contribution in [-0.2, 0) is 17.9 Å². The minimum Gasteiger partial charge on any atom is -0.352 e. The first-order valence-electron chi connectivity index (χ1n) is 11.5. The zero-order valence-corrected chi connectivity index (χ0v) is 19.6. The summed E-state index contributed by atoms with van der Waals surface area (Å²) < 4.78 is 0.450. The average Bonchev–Trinajstić information content (AvgIpc) is 3.20. The van der Waals surface area contributed by atoms with Gasteiger partial charge in [0, 0.05) is 30.5 Å². The number of hydrogen-bond acceptors (Lipinski definition) is 4. The van der Waals surface area contributed by atoms with Gasteiger partial charge in [0.1, 0.15) is 0 Å². The van der Waals surface area contributed by atoms with Gasteiger partial charge < -0.3 is 5.32 Å². The summed E-state index contributed by atoms with van der Waals surface area (Å²) in [6.07, 6.45) is 6.22. The number of nitrogens with one attached hydrogen (secondary N) is 1. The van der Waals surface area contributed by atoms with Crippen LogP contribution in [0.15, 0.2) is 24.3 Å². The summed E-state index contributed by atoms with van der Waals surface area (Å²) in [6, 6.07) is 8.60. The second kappa shape index (κ2) is 9.65. The molecule has 3 fully saturated rings. The summed E-state index contributed by atoms with van der Waals surface area (Å²) >= 11 is 4.44. The smallest absolute Gasteiger partial charge is 0.223 e. The van der Waals surface area contributed by atoms with E-state index in [1.54, 1.807) is 0 Å². The Morgan fingerprint density at radius 1 is 1.07 bits per heavy atom. The lowest BCUT2D eigenvalue weighted by Crippen LogP contribution is -2.49. The highest BCUT2D eigenvalue weighted by Gasteiger charge is 2.55. The van der Waals surface area contributed by atoms with Gasteiger partial charge in [-0.1, -0.05) is 44.5 Å². The summed E-state index contributed by atoms with van der Waals surface area (Å²) in [5.41, 5.74) is 2.61. The van der Waals surface area contributed by atoms with Crippen molar-refractivity contribution in [2.24, 2.45) is 17.8 Å². The van der Waals surface area contributed by atoms with E-state index in [4.69, 9.17) is 0 Å². The second-order valence-corrected chi connectivity index (χ2v) is 11.9. The van der Waals surface area contributed by atoms with Crippen molar-refractivity contribution in [3.63, 3.8) is 0 Å². The lowest BCUT2D eigenvalue weighted by molar-refractivity contribution is -0.127. The minimum absolute atomic E-state index is 0.215. The number of benzene rings is 1. The fourth-order valence-corrected chi connectivity index (χ4v) is 9.66. The van der Waals surface area contributed by atoms with Crippen LogP contribution >= 0.6 is 23.5 Å². The van der Waals surface area contributed by atoms with Crippen LogP contribution < -0.4 is 5.32 Å². The van der Waals surface area contributed by atoms with Gasteiger partial charge in [0.2, 0.25) is 5.91 Å². The van der Waals surface area contributed by atoms with E-state index in [-0.39, 0.29) is 5.92 Å². The van der Waals surface area contributed by atoms with E-state index < -0.39 is 0 Å². The molecule has 2 aliphatic carbocycles. The zero-order chi connectivity index (χ0) is 20.3. The normalized spacial score (nSPS) is 28.0. The van der Waals surface area contributed by atoms with Gasteiger partial charge in [-0.05, 0) is 61.7 Å². The highest BCUT2D eigenvalue weighted by atomic mass is 32.2. The van der Waals surface area contributed by atoms with E-state index in [1.165, 1.54) is 41.9 Å². The van der Waals surface area contributed by atoms with Crippen molar-refractivity contribution in [2.75, 3.05) is 24.6 Å². The summed E-state index contributed by atoms with van der Waals surface area (Å²) in [5, 5.41) is 3.32. The Kier molecular flexibility index (Phi) is 7.18. The molecular weight excluding hydrogens is 396 g/mol. The third-order valence-corrected chi connectivity index (χ3v) is 11.4. The third kappa shape index (κ3) is 4.52. The molecule has 1 aromatic rings. The molecule has 0 aromatic heterocycles. The zero-order valence-electron chi connectivity index (χ0n) is 18.0. The molecule has 1 amide bonds. The standard InChI is InChI=1S/C24H36N2OS2/c1-3-26(4-2)17-19-9-6-5-8-18(19)16-25-23(27)20-14-21-10-7-11-22(15-20)24(21)28-12-13-29-24/h5-6,8-9,20-22H,3-4,7,10-17H2,1-2H3,(H,25,27). The van der Waals surface area contributed by atoms with E-state index in [9.17, 15) is 4.79 Å². The molecule has 1 aromatic carbocycles. The first kappa shape index (κ1) is 21.6. The summed E-state index contributed by atoms with van der Waals surface area (Å²) in [4.78, 5) is 15.5. The Hall–Kier alpha value is -0.650. The molecule has 1 saturated heterocycles. The topological polar surface area (TPSA) is 32.3 Å². The average molecular weight is 433 g/mol. The van der Waals surface area contributed by atoms with Crippen molar-refractivity contribution in [3.8, 4) is 0 Å². The number of thioether (sulfide) groups is 2. The van der Waals surface area contributed by atoms with Crippen molar-refractivity contribution >= 4 is 29.4 Å². The van der Waals surface area contributed by atoms with Crippen molar-refractivity contribution in [2.45, 2.75) is 63.1 Å². The molecule has 1 aliphatic heterocycles. The summed E-state index contributed by atoms with van der Waals surface area (Å²) in [5.74, 6) is 4.59. The number of nitrogens with zero attached hydrogens (tertiary/aromatic N) is 1. The monoisotopic (exact) mass is 432 g/mol. The summed E-state index contributed by atoms with van der Waals surface area (Å²) in [7, 11) is 0. The Balaban J connectivity index is 1.37. The SMILES string of the molecule is CCN(CC)Cc1ccccc1CNC(=O)C1CC2CCCC(C1)C21SCCS1. The predicted molar refractivity (Wildman–Crippen MR) is 126 cm³/mol. The van der Waals surface area contributed by atoms with Crippen LogP contribution in [0.1, 0.15) is 57.1 Å². The molecule has 3 aliphatic rings. The Bertz CT molecular complexity index is 684. The van der Waals surface area contributed by atoms with Gasteiger partial charge >= 0.3 is 0 Å². The molecule has 0 radical (unpaired) electrons. The van der Waals surface area contributed by atoms with Crippen LogP contribution in [0.25, 0.3) is 0 Å². The van der Waals surface area contributed by atoms with E-state index in [1.807, 2.05) is 0 Å². The number of carbonyl (C=O) groups is 1. The quantitative estimate of drug-likeness (QED) is 0.646. The highest BCUT2D eigenvalue weighted by Crippen LogP contribution is 2.64. The van der Waals surface area contributed by atoms with E-state index in [0.717, 1.165) is 44.3 Å². The van der Waals surface area contributed by atoms with Gasteiger partial charge in [-0.3, -0.25) is 9.69 Å². The van der Waals surface area contributed by atoms with Crippen molar-refractivity contribution < 1.29 is 4.79 Å². The number of amides is 1. The van der Waals surface area contributed by atoms with Gasteiger partial charge in [-0.2, -0.15) is 0 Å². The first-order valence-corrected chi connectivity index (χ1v) is 13.5. The molecular formula is C24H36N2OS2. The molecule has 1 N–H and O–H groups in total. The third-order valence-electron chi connectivity index (χ3n) is 7.35. The van der Waals surface area contributed by atoms with E-state index in [2.05, 4.69) is 71.9 Å². The highest BCUT2D eigenvalue weighted by molar-refractivity contribution is 8.21. The molecule has 2 unspecified atom stereocenters. The molecule has 2 saturated carbocycles. The summed E-state index contributed by atoms with van der Waals surface area (Å²) in [6.45, 7) is 8.16. The maximum absolute atomic E-state index is 13.1. The van der Waals surface area contributed by atoms with Crippen LogP contribution in [0.3, 0.4) is 0 Å². The molecule has 5 heteroatoms. The Labute approximate surface area is 185 Å². The molecule has 3 nitrogen and oxygen atoms in total. The van der Waals surface area contributed by atoms with Crippen LogP contribution in [0, 0.1) is 17.8 Å². The number of carbonyl (C=O) groups excluding carboxylic acids is 1. The van der Waals surface area contributed by atoms with Crippen LogP contribution in [0.2, 0.25) is 0 Å². The predicted octanol–water partition coefficient (Wildman–Crippen LogP) is 5.15. The van der Waals surface area contributed by atoms with E-state index in [0.29, 0.717) is 16.5 Å². The maximum atomic E-state index is 13.1. The van der Waals surface area contributed by atoms with Gasteiger partial charge in [0.05, 0.1) is 4.08 Å². The lowest BCUT2D eigenvalue weighted by Gasteiger charge is -2.52. The van der Waals surface area contributed by atoms with Gasteiger partial charge in [0.15, 0.2) is 0 Å². The van der Waals surface area contributed by atoms with Crippen molar-refractivity contribution in [1.29, 1.82) is 0 Å². The minimum atomic E-state index is 0.215.